The van der Waals surface area contributed by atoms with Crippen molar-refractivity contribution in [2.24, 2.45) is 11.5 Å². The zero-order chi connectivity index (χ0) is 16.3. The van der Waals surface area contributed by atoms with Gasteiger partial charge in [0.05, 0.1) is 12.1 Å². The molecule has 0 aliphatic heterocycles. The predicted molar refractivity (Wildman–Crippen MR) is 82.4 cm³/mol. The van der Waals surface area contributed by atoms with Crippen molar-refractivity contribution < 1.29 is 14.7 Å². The Bertz CT molecular complexity index is 311. The Balaban J connectivity index is 4.36. The van der Waals surface area contributed by atoms with Gasteiger partial charge in [-0.2, -0.15) is 0 Å². The SMILES string of the molecule is CCCCCCN[C@@H](CCN)C(=O)N[C@H](C(N)=O)C(C)O. The standard InChI is InChI=1S/C14H30N4O3/c1-3-4-5-6-9-17-11(7-8-15)14(21)18-12(10(2)19)13(16)20/h10-12,17,19H,3-9,15H2,1-2H3,(H2,16,20)(H,18,21)/t10?,11-,12-/m0/s1. The third-order valence-corrected chi connectivity index (χ3v) is 3.28. The summed E-state index contributed by atoms with van der Waals surface area (Å²) in [6, 6.07) is -1.56. The number of aliphatic hydroxyl groups excluding tert-OH is 1. The van der Waals surface area contributed by atoms with Crippen LogP contribution in [0.2, 0.25) is 0 Å². The van der Waals surface area contributed by atoms with Crippen molar-refractivity contribution in [2.45, 2.75) is 64.1 Å². The van der Waals surface area contributed by atoms with Crippen LogP contribution in [0.5, 0.6) is 0 Å². The molecule has 0 saturated heterocycles. The number of aliphatic hydroxyl groups is 1. The van der Waals surface area contributed by atoms with Crippen molar-refractivity contribution in [3.63, 3.8) is 0 Å². The summed E-state index contributed by atoms with van der Waals surface area (Å²) in [5.74, 6) is -1.12. The fraction of sp³-hybridized carbons (Fsp3) is 0.857. The fourth-order valence-corrected chi connectivity index (χ4v) is 2.00. The van der Waals surface area contributed by atoms with Crippen LogP contribution in [0, 0.1) is 0 Å². The summed E-state index contributed by atoms with van der Waals surface area (Å²) in [7, 11) is 0. The van der Waals surface area contributed by atoms with E-state index in [2.05, 4.69) is 17.6 Å². The maximum absolute atomic E-state index is 12.1. The van der Waals surface area contributed by atoms with Gasteiger partial charge in [-0.15, -0.1) is 0 Å². The van der Waals surface area contributed by atoms with E-state index in [9.17, 15) is 14.7 Å². The molecule has 0 aliphatic carbocycles. The average Bonchev–Trinajstić information content (AvgIpc) is 2.42. The molecule has 1 unspecified atom stereocenters. The molecule has 7 nitrogen and oxygen atoms in total. The molecule has 0 aromatic heterocycles. The molecule has 0 bridgehead atoms. The molecular formula is C14H30N4O3. The smallest absolute Gasteiger partial charge is 0.242 e. The number of unbranched alkanes of at least 4 members (excludes halogenated alkanes) is 3. The summed E-state index contributed by atoms with van der Waals surface area (Å²) in [5, 5.41) is 15.1. The summed E-state index contributed by atoms with van der Waals surface area (Å²) < 4.78 is 0. The molecule has 7 heteroatoms. The molecular weight excluding hydrogens is 272 g/mol. The third-order valence-electron chi connectivity index (χ3n) is 3.28. The van der Waals surface area contributed by atoms with E-state index in [1.807, 2.05) is 0 Å². The fourth-order valence-electron chi connectivity index (χ4n) is 2.00. The topological polar surface area (TPSA) is 130 Å². The van der Waals surface area contributed by atoms with Crippen LogP contribution in [-0.2, 0) is 9.59 Å². The molecule has 0 fully saturated rings. The lowest BCUT2D eigenvalue weighted by Crippen LogP contribution is -2.56. The predicted octanol–water partition coefficient (Wildman–Crippen LogP) is -0.775. The lowest BCUT2D eigenvalue weighted by Gasteiger charge is -2.23. The summed E-state index contributed by atoms with van der Waals surface area (Å²) in [5.41, 5.74) is 10.7. The van der Waals surface area contributed by atoms with Gasteiger partial charge in [0.1, 0.15) is 6.04 Å². The Kier molecular flexibility index (Phi) is 10.8. The summed E-state index contributed by atoms with van der Waals surface area (Å²) in [6.07, 6.45) is 3.85. The summed E-state index contributed by atoms with van der Waals surface area (Å²) in [4.78, 5) is 23.3. The second-order valence-corrected chi connectivity index (χ2v) is 5.27. The van der Waals surface area contributed by atoms with E-state index >= 15 is 0 Å². The molecule has 0 heterocycles. The first kappa shape index (κ1) is 19.8. The van der Waals surface area contributed by atoms with Gasteiger partial charge in [0.25, 0.3) is 0 Å². The van der Waals surface area contributed by atoms with E-state index in [-0.39, 0.29) is 5.91 Å². The molecule has 0 aromatic carbocycles. The van der Waals surface area contributed by atoms with E-state index in [0.29, 0.717) is 19.5 Å². The second-order valence-electron chi connectivity index (χ2n) is 5.27. The minimum Gasteiger partial charge on any atom is -0.391 e. The molecule has 0 rings (SSSR count). The number of amides is 2. The zero-order valence-electron chi connectivity index (χ0n) is 13.1. The maximum atomic E-state index is 12.1. The Morgan fingerprint density at radius 1 is 1.24 bits per heavy atom. The van der Waals surface area contributed by atoms with Crippen LogP contribution in [0.15, 0.2) is 0 Å². The number of carbonyl (C=O) groups excluding carboxylic acids is 2. The van der Waals surface area contributed by atoms with E-state index < -0.39 is 24.1 Å². The molecule has 0 aliphatic rings. The van der Waals surface area contributed by atoms with Gasteiger partial charge in [-0.1, -0.05) is 26.2 Å². The van der Waals surface area contributed by atoms with Crippen molar-refractivity contribution >= 4 is 11.8 Å². The van der Waals surface area contributed by atoms with Crippen LogP contribution in [0.4, 0.5) is 0 Å². The minimum atomic E-state index is -1.08. The minimum absolute atomic E-state index is 0.357. The van der Waals surface area contributed by atoms with Crippen molar-refractivity contribution in [1.29, 1.82) is 0 Å². The van der Waals surface area contributed by atoms with Gasteiger partial charge in [0.15, 0.2) is 0 Å². The van der Waals surface area contributed by atoms with E-state index in [0.717, 1.165) is 19.3 Å². The maximum Gasteiger partial charge on any atom is 0.242 e. The van der Waals surface area contributed by atoms with Crippen molar-refractivity contribution in [2.75, 3.05) is 13.1 Å². The van der Waals surface area contributed by atoms with E-state index in [1.165, 1.54) is 13.3 Å². The Hall–Kier alpha value is -1.18. The van der Waals surface area contributed by atoms with Gasteiger partial charge in [-0.3, -0.25) is 9.59 Å². The highest BCUT2D eigenvalue weighted by Gasteiger charge is 2.26. The van der Waals surface area contributed by atoms with Gasteiger partial charge >= 0.3 is 0 Å². The summed E-state index contributed by atoms with van der Waals surface area (Å²) >= 11 is 0. The first-order chi connectivity index (χ1) is 9.93. The number of primary amides is 1. The lowest BCUT2D eigenvalue weighted by atomic mass is 10.1. The number of hydrogen-bond donors (Lipinski definition) is 5. The number of nitrogens with one attached hydrogen (secondary N) is 2. The first-order valence-corrected chi connectivity index (χ1v) is 7.65. The van der Waals surface area contributed by atoms with Gasteiger partial charge < -0.3 is 27.2 Å². The highest BCUT2D eigenvalue weighted by atomic mass is 16.3. The average molecular weight is 302 g/mol. The van der Waals surface area contributed by atoms with Gasteiger partial charge in [-0.25, -0.2) is 0 Å². The first-order valence-electron chi connectivity index (χ1n) is 7.65. The molecule has 0 spiro atoms. The second kappa shape index (κ2) is 11.5. The normalized spacial score (nSPS) is 15.2. The van der Waals surface area contributed by atoms with Gasteiger partial charge in [0.2, 0.25) is 11.8 Å². The number of carbonyl (C=O) groups is 2. The molecule has 0 radical (unpaired) electrons. The molecule has 21 heavy (non-hydrogen) atoms. The molecule has 0 saturated carbocycles. The number of rotatable bonds is 12. The molecule has 3 atom stereocenters. The van der Waals surface area contributed by atoms with Crippen LogP contribution < -0.4 is 22.1 Å². The quantitative estimate of drug-likeness (QED) is 0.302. The van der Waals surface area contributed by atoms with E-state index in [1.54, 1.807) is 0 Å². The third kappa shape index (κ3) is 8.64. The zero-order valence-corrected chi connectivity index (χ0v) is 13.1. The van der Waals surface area contributed by atoms with Crippen LogP contribution >= 0.6 is 0 Å². The van der Waals surface area contributed by atoms with Crippen LogP contribution in [0.25, 0.3) is 0 Å². The van der Waals surface area contributed by atoms with Crippen LogP contribution in [-0.4, -0.2) is 48.2 Å². The molecule has 7 N–H and O–H groups in total. The lowest BCUT2D eigenvalue weighted by molar-refractivity contribution is -0.130. The van der Waals surface area contributed by atoms with Gasteiger partial charge in [0, 0.05) is 0 Å². The van der Waals surface area contributed by atoms with Gasteiger partial charge in [-0.05, 0) is 32.9 Å². The molecule has 124 valence electrons. The molecule has 2 amide bonds. The summed E-state index contributed by atoms with van der Waals surface area (Å²) in [6.45, 7) is 4.62. The largest absolute Gasteiger partial charge is 0.391 e. The Morgan fingerprint density at radius 3 is 2.38 bits per heavy atom. The van der Waals surface area contributed by atoms with Crippen LogP contribution in [0.3, 0.4) is 0 Å². The number of nitrogens with two attached hydrogens (primary N) is 2. The number of hydrogen-bond acceptors (Lipinski definition) is 5. The van der Waals surface area contributed by atoms with Crippen molar-refractivity contribution in [3.8, 4) is 0 Å². The van der Waals surface area contributed by atoms with E-state index in [4.69, 9.17) is 11.5 Å². The Labute approximate surface area is 126 Å². The highest BCUT2D eigenvalue weighted by Crippen LogP contribution is 2.00. The van der Waals surface area contributed by atoms with Crippen molar-refractivity contribution in [1.82, 2.24) is 10.6 Å². The Morgan fingerprint density at radius 2 is 1.90 bits per heavy atom. The highest BCUT2D eigenvalue weighted by molar-refractivity contribution is 5.89. The van der Waals surface area contributed by atoms with Crippen molar-refractivity contribution in [3.05, 3.63) is 0 Å². The monoisotopic (exact) mass is 302 g/mol. The van der Waals surface area contributed by atoms with Crippen LogP contribution in [0.1, 0.15) is 46.0 Å². The molecule has 0 aromatic rings.